The number of anilines is 1. The molecule has 4 rings (SSSR count). The summed E-state index contributed by atoms with van der Waals surface area (Å²) in [5.41, 5.74) is 1.15. The first-order valence-corrected chi connectivity index (χ1v) is 10.3. The Bertz CT molecular complexity index is 608. The molecule has 0 bridgehead atoms. The van der Waals surface area contributed by atoms with E-state index < -0.39 is 0 Å². The molecule has 5 nitrogen and oxygen atoms in total. The minimum absolute atomic E-state index is 0.306. The van der Waals surface area contributed by atoms with Crippen LogP contribution in [0, 0.1) is 5.92 Å². The summed E-state index contributed by atoms with van der Waals surface area (Å²) in [6, 6.07) is 7.92. The van der Waals surface area contributed by atoms with Gasteiger partial charge in [-0.05, 0) is 55.9 Å². The lowest BCUT2D eigenvalue weighted by Crippen LogP contribution is -2.54. The van der Waals surface area contributed by atoms with E-state index in [4.69, 9.17) is 0 Å². The van der Waals surface area contributed by atoms with Crippen molar-refractivity contribution in [3.8, 4) is 5.75 Å². The van der Waals surface area contributed by atoms with Crippen LogP contribution in [0.25, 0.3) is 0 Å². The Morgan fingerprint density at radius 1 is 0.923 bits per heavy atom. The molecule has 2 atom stereocenters. The van der Waals surface area contributed by atoms with E-state index in [0.717, 1.165) is 44.3 Å². The second-order valence-electron chi connectivity index (χ2n) is 8.12. The maximum Gasteiger partial charge on any atom is 0.237 e. The van der Waals surface area contributed by atoms with Crippen LogP contribution in [-0.2, 0) is 4.79 Å². The van der Waals surface area contributed by atoms with Crippen molar-refractivity contribution in [2.45, 2.75) is 44.6 Å². The summed E-state index contributed by atoms with van der Waals surface area (Å²) < 4.78 is 0. The van der Waals surface area contributed by atoms with E-state index in [2.05, 4.69) is 14.7 Å². The Morgan fingerprint density at radius 2 is 1.62 bits per heavy atom. The van der Waals surface area contributed by atoms with Crippen LogP contribution in [0.2, 0.25) is 0 Å². The fraction of sp³-hybridized carbons (Fsp3) is 0.667. The Morgan fingerprint density at radius 3 is 2.38 bits per heavy atom. The fourth-order valence-corrected chi connectivity index (χ4v) is 5.04. The highest BCUT2D eigenvalue weighted by atomic mass is 16.3. The van der Waals surface area contributed by atoms with Gasteiger partial charge in [0.05, 0.1) is 6.54 Å². The average molecular weight is 357 g/mol. The average Bonchev–Trinajstić information content (AvgIpc) is 2.69. The molecule has 142 valence electrons. The molecule has 0 spiro atoms. The molecular formula is C21H31N3O2. The van der Waals surface area contributed by atoms with Crippen LogP contribution in [0.5, 0.6) is 5.75 Å². The zero-order chi connectivity index (χ0) is 17.9. The summed E-state index contributed by atoms with van der Waals surface area (Å²) >= 11 is 0. The molecule has 0 radical (unpaired) electrons. The molecule has 1 N–H and O–H groups in total. The number of aromatic hydroxyl groups is 1. The summed E-state index contributed by atoms with van der Waals surface area (Å²) in [7, 11) is 0. The molecule has 0 aromatic heterocycles. The van der Waals surface area contributed by atoms with Crippen LogP contribution in [0.3, 0.4) is 0 Å². The van der Waals surface area contributed by atoms with Gasteiger partial charge in [0.2, 0.25) is 5.91 Å². The van der Waals surface area contributed by atoms with E-state index >= 15 is 0 Å². The largest absolute Gasteiger partial charge is 0.508 e. The first-order chi connectivity index (χ1) is 12.7. The minimum Gasteiger partial charge on any atom is -0.508 e. The molecule has 2 heterocycles. The standard InChI is InChI=1S/C21H31N3O2/c25-19-9-7-18(8-10-19)23-14-12-22(13-15-23)16-21(26)24-11-3-5-17-4-1-2-6-20(17)24/h7-10,17,20,25H,1-6,11-16H2/t17-,20+/m1/s1. The van der Waals surface area contributed by atoms with Crippen molar-refractivity contribution in [3.63, 3.8) is 0 Å². The molecule has 1 aliphatic carbocycles. The number of carbonyl (C=O) groups is 1. The third-order valence-corrected chi connectivity index (χ3v) is 6.51. The summed E-state index contributed by atoms with van der Waals surface area (Å²) in [6.45, 7) is 5.26. The van der Waals surface area contributed by atoms with Gasteiger partial charge in [-0.1, -0.05) is 12.8 Å². The zero-order valence-corrected chi connectivity index (χ0v) is 15.6. The van der Waals surface area contributed by atoms with E-state index in [1.165, 1.54) is 38.5 Å². The SMILES string of the molecule is O=C(CN1CCN(c2ccc(O)cc2)CC1)N1CCC[C@H]2CCCC[C@@H]21. The predicted octanol–water partition coefficient (Wildman–Crippen LogP) is 2.70. The molecule has 3 fully saturated rings. The number of phenols is 1. The summed E-state index contributed by atoms with van der Waals surface area (Å²) in [5, 5.41) is 9.43. The van der Waals surface area contributed by atoms with Gasteiger partial charge in [0.15, 0.2) is 0 Å². The van der Waals surface area contributed by atoms with E-state index in [1.807, 2.05) is 12.1 Å². The van der Waals surface area contributed by atoms with Gasteiger partial charge in [0, 0.05) is 44.5 Å². The maximum atomic E-state index is 13.0. The number of amides is 1. The van der Waals surface area contributed by atoms with Gasteiger partial charge in [0.25, 0.3) is 0 Å². The lowest BCUT2D eigenvalue weighted by Gasteiger charge is -2.45. The second kappa shape index (κ2) is 7.87. The van der Waals surface area contributed by atoms with Crippen LogP contribution in [-0.4, -0.2) is 66.1 Å². The number of hydrogen-bond acceptors (Lipinski definition) is 4. The lowest BCUT2D eigenvalue weighted by atomic mass is 9.78. The minimum atomic E-state index is 0.306. The third kappa shape index (κ3) is 3.83. The quantitative estimate of drug-likeness (QED) is 0.904. The van der Waals surface area contributed by atoms with Crippen LogP contribution >= 0.6 is 0 Å². The first-order valence-electron chi connectivity index (χ1n) is 10.3. The van der Waals surface area contributed by atoms with Gasteiger partial charge in [-0.2, -0.15) is 0 Å². The van der Waals surface area contributed by atoms with Crippen molar-refractivity contribution in [1.82, 2.24) is 9.80 Å². The number of carbonyl (C=O) groups excluding carboxylic acids is 1. The van der Waals surface area contributed by atoms with Crippen LogP contribution in [0.4, 0.5) is 5.69 Å². The Balaban J connectivity index is 1.29. The van der Waals surface area contributed by atoms with E-state index in [1.54, 1.807) is 12.1 Å². The van der Waals surface area contributed by atoms with Crippen molar-refractivity contribution in [2.75, 3.05) is 44.2 Å². The Hall–Kier alpha value is -1.75. The normalized spacial score (nSPS) is 27.2. The van der Waals surface area contributed by atoms with Gasteiger partial charge in [0.1, 0.15) is 5.75 Å². The molecule has 1 aromatic carbocycles. The molecule has 2 saturated heterocycles. The van der Waals surface area contributed by atoms with Crippen molar-refractivity contribution in [1.29, 1.82) is 0 Å². The first kappa shape index (κ1) is 17.7. The molecule has 1 amide bonds. The number of fused-ring (bicyclic) bond motifs is 1. The molecule has 2 aliphatic heterocycles. The summed E-state index contributed by atoms with van der Waals surface area (Å²) in [6.07, 6.45) is 7.67. The van der Waals surface area contributed by atoms with Crippen molar-refractivity contribution < 1.29 is 9.90 Å². The highest BCUT2D eigenvalue weighted by molar-refractivity contribution is 5.78. The fourth-order valence-electron chi connectivity index (χ4n) is 5.04. The molecule has 0 unspecified atom stereocenters. The number of piperidine rings is 1. The second-order valence-corrected chi connectivity index (χ2v) is 8.12. The van der Waals surface area contributed by atoms with Crippen LogP contribution in [0.15, 0.2) is 24.3 Å². The Labute approximate surface area is 156 Å². The number of piperazine rings is 1. The number of rotatable bonds is 3. The van der Waals surface area contributed by atoms with Gasteiger partial charge < -0.3 is 14.9 Å². The monoisotopic (exact) mass is 357 g/mol. The maximum absolute atomic E-state index is 13.0. The van der Waals surface area contributed by atoms with Crippen LogP contribution in [0.1, 0.15) is 38.5 Å². The van der Waals surface area contributed by atoms with Gasteiger partial charge in [-0.25, -0.2) is 0 Å². The highest BCUT2D eigenvalue weighted by Gasteiger charge is 2.36. The number of phenolic OH excluding ortho intramolecular Hbond substituents is 1. The highest BCUT2D eigenvalue weighted by Crippen LogP contribution is 2.35. The number of hydrogen-bond donors (Lipinski definition) is 1. The van der Waals surface area contributed by atoms with Crippen molar-refractivity contribution in [2.24, 2.45) is 5.92 Å². The van der Waals surface area contributed by atoms with E-state index in [0.29, 0.717) is 24.2 Å². The Kier molecular flexibility index (Phi) is 5.34. The third-order valence-electron chi connectivity index (χ3n) is 6.51. The summed E-state index contributed by atoms with van der Waals surface area (Å²) in [5.74, 6) is 1.41. The summed E-state index contributed by atoms with van der Waals surface area (Å²) in [4.78, 5) is 19.8. The van der Waals surface area contributed by atoms with Gasteiger partial charge >= 0.3 is 0 Å². The van der Waals surface area contributed by atoms with Crippen LogP contribution < -0.4 is 4.90 Å². The predicted molar refractivity (Wildman–Crippen MR) is 103 cm³/mol. The zero-order valence-electron chi connectivity index (χ0n) is 15.6. The number of likely N-dealkylation sites (tertiary alicyclic amines) is 1. The van der Waals surface area contributed by atoms with E-state index in [9.17, 15) is 9.90 Å². The number of benzene rings is 1. The van der Waals surface area contributed by atoms with E-state index in [-0.39, 0.29) is 0 Å². The molecular weight excluding hydrogens is 326 g/mol. The molecule has 1 aromatic rings. The van der Waals surface area contributed by atoms with Crippen molar-refractivity contribution in [3.05, 3.63) is 24.3 Å². The molecule has 5 heteroatoms. The number of nitrogens with zero attached hydrogens (tertiary/aromatic N) is 3. The molecule has 1 saturated carbocycles. The smallest absolute Gasteiger partial charge is 0.237 e. The molecule has 26 heavy (non-hydrogen) atoms. The van der Waals surface area contributed by atoms with Crippen molar-refractivity contribution >= 4 is 11.6 Å². The van der Waals surface area contributed by atoms with Gasteiger partial charge in [-0.3, -0.25) is 9.69 Å². The lowest BCUT2D eigenvalue weighted by molar-refractivity contribution is -0.138. The topological polar surface area (TPSA) is 47.0 Å². The van der Waals surface area contributed by atoms with Gasteiger partial charge in [-0.15, -0.1) is 0 Å². The molecule has 3 aliphatic rings.